The summed E-state index contributed by atoms with van der Waals surface area (Å²) in [6, 6.07) is 22.1. The molecule has 1 saturated heterocycles. The third-order valence-corrected chi connectivity index (χ3v) is 7.29. The van der Waals surface area contributed by atoms with Crippen LogP contribution in [0.3, 0.4) is 0 Å². The van der Waals surface area contributed by atoms with Crippen molar-refractivity contribution in [2.24, 2.45) is 0 Å². The van der Waals surface area contributed by atoms with Crippen molar-refractivity contribution < 1.29 is 28.9 Å². The maximum absolute atomic E-state index is 14.0. The summed E-state index contributed by atoms with van der Waals surface area (Å²) in [7, 11) is 0. The molecule has 2 atom stereocenters. The van der Waals surface area contributed by atoms with Crippen LogP contribution in [0.15, 0.2) is 72.8 Å². The molecule has 0 radical (unpaired) electrons. The minimum atomic E-state index is -1.04. The molecular weight excluding hydrogens is 482 g/mol. The summed E-state index contributed by atoms with van der Waals surface area (Å²) in [6.45, 7) is 3.68. The second-order valence-electron chi connectivity index (χ2n) is 9.89. The highest BCUT2D eigenvalue weighted by Crippen LogP contribution is 2.36. The van der Waals surface area contributed by atoms with Crippen molar-refractivity contribution in [1.29, 1.82) is 0 Å². The van der Waals surface area contributed by atoms with E-state index in [1.165, 1.54) is 4.90 Å². The van der Waals surface area contributed by atoms with Gasteiger partial charge in [-0.05, 0) is 42.0 Å². The van der Waals surface area contributed by atoms with Crippen LogP contribution in [0.25, 0.3) is 0 Å². The number of benzene rings is 3. The SMILES string of the molecule is Cc1ccc2c(c1OCc1ccccc1)C[C@@H](C(=O)O)N(C(=O)[C@@H](OC1CCOCC1)c1ccccc1)C2. The first-order valence-electron chi connectivity index (χ1n) is 13.1. The first kappa shape index (κ1) is 25.9. The lowest BCUT2D eigenvalue weighted by molar-refractivity contribution is -0.162. The highest BCUT2D eigenvalue weighted by atomic mass is 16.5. The number of carboxylic acid groups (broad SMARTS) is 1. The summed E-state index contributed by atoms with van der Waals surface area (Å²) in [5.41, 5.74) is 4.42. The van der Waals surface area contributed by atoms with Gasteiger partial charge >= 0.3 is 5.97 Å². The zero-order chi connectivity index (χ0) is 26.5. The second-order valence-corrected chi connectivity index (χ2v) is 9.89. The van der Waals surface area contributed by atoms with Gasteiger partial charge in [-0.2, -0.15) is 0 Å². The van der Waals surface area contributed by atoms with Gasteiger partial charge in [0.15, 0.2) is 6.10 Å². The minimum absolute atomic E-state index is 0.126. The van der Waals surface area contributed by atoms with Crippen LogP contribution in [0.2, 0.25) is 0 Å². The van der Waals surface area contributed by atoms with E-state index in [1.807, 2.05) is 79.7 Å². The molecule has 1 N–H and O–H groups in total. The van der Waals surface area contributed by atoms with Gasteiger partial charge in [0.05, 0.1) is 6.10 Å². The average molecular weight is 516 g/mol. The van der Waals surface area contributed by atoms with Crippen LogP contribution < -0.4 is 4.74 Å². The quantitative estimate of drug-likeness (QED) is 0.462. The number of carboxylic acids is 1. The average Bonchev–Trinajstić information content (AvgIpc) is 2.96. The van der Waals surface area contributed by atoms with Crippen LogP contribution in [0.1, 0.15) is 46.8 Å². The standard InChI is InChI=1S/C31H33NO6/c1-21-12-13-24-19-32(27(31(34)35)18-26(24)28(21)37-20-22-8-4-2-5-9-22)30(33)29(23-10-6-3-7-11-23)38-25-14-16-36-17-15-25/h2-13,25,27,29H,14-20H2,1H3,(H,34,35)/t27-,29-/m0/s1. The smallest absolute Gasteiger partial charge is 0.326 e. The van der Waals surface area contributed by atoms with Crippen LogP contribution in [0, 0.1) is 6.92 Å². The topological polar surface area (TPSA) is 85.3 Å². The highest BCUT2D eigenvalue weighted by Gasteiger charge is 2.40. The number of hydrogen-bond acceptors (Lipinski definition) is 5. The third kappa shape index (κ3) is 5.74. The lowest BCUT2D eigenvalue weighted by Gasteiger charge is -2.38. The maximum atomic E-state index is 14.0. The Labute approximate surface area is 222 Å². The van der Waals surface area contributed by atoms with Crippen LogP contribution in [-0.4, -0.2) is 47.2 Å². The van der Waals surface area contributed by atoms with Crippen LogP contribution in [0.4, 0.5) is 0 Å². The molecule has 0 aliphatic carbocycles. The predicted molar refractivity (Wildman–Crippen MR) is 142 cm³/mol. The molecule has 0 saturated carbocycles. The Balaban J connectivity index is 1.44. The zero-order valence-electron chi connectivity index (χ0n) is 21.5. The Bertz CT molecular complexity index is 1260. The van der Waals surface area contributed by atoms with E-state index in [2.05, 4.69) is 0 Å². The van der Waals surface area contributed by atoms with Gasteiger partial charge in [-0.3, -0.25) is 4.79 Å². The van der Waals surface area contributed by atoms with E-state index in [4.69, 9.17) is 14.2 Å². The van der Waals surface area contributed by atoms with Gasteiger partial charge in [0.1, 0.15) is 18.4 Å². The number of nitrogens with zero attached hydrogens (tertiary/aromatic N) is 1. The summed E-state index contributed by atoms with van der Waals surface area (Å²) in [5.74, 6) is -0.687. The molecule has 0 aromatic heterocycles. The van der Waals surface area contributed by atoms with Crippen molar-refractivity contribution in [1.82, 2.24) is 4.90 Å². The van der Waals surface area contributed by atoms with E-state index in [9.17, 15) is 14.7 Å². The third-order valence-electron chi connectivity index (χ3n) is 7.29. The highest BCUT2D eigenvalue weighted by molar-refractivity contribution is 5.88. The molecule has 2 heterocycles. The molecule has 3 aromatic rings. The largest absolute Gasteiger partial charge is 0.488 e. The molecule has 1 fully saturated rings. The molecule has 1 amide bonds. The lowest BCUT2D eigenvalue weighted by atomic mass is 9.90. The molecule has 7 heteroatoms. The number of ether oxygens (including phenoxy) is 3. The van der Waals surface area contributed by atoms with Gasteiger partial charge in [-0.25, -0.2) is 4.79 Å². The maximum Gasteiger partial charge on any atom is 0.326 e. The van der Waals surface area contributed by atoms with Crippen LogP contribution >= 0.6 is 0 Å². The molecule has 0 unspecified atom stereocenters. The summed E-state index contributed by atoms with van der Waals surface area (Å²) < 4.78 is 18.0. The Morgan fingerprint density at radius 1 is 1.00 bits per heavy atom. The van der Waals surface area contributed by atoms with Crippen molar-refractivity contribution in [2.45, 2.75) is 57.6 Å². The van der Waals surface area contributed by atoms with Crippen molar-refractivity contribution in [3.8, 4) is 5.75 Å². The van der Waals surface area contributed by atoms with E-state index in [1.54, 1.807) is 0 Å². The number of aliphatic carboxylic acids is 1. The van der Waals surface area contributed by atoms with Gasteiger partial charge in [0, 0.05) is 31.7 Å². The molecule has 7 nitrogen and oxygen atoms in total. The fourth-order valence-corrected chi connectivity index (χ4v) is 5.20. The monoisotopic (exact) mass is 515 g/mol. The van der Waals surface area contributed by atoms with E-state index in [-0.39, 0.29) is 25.0 Å². The van der Waals surface area contributed by atoms with Crippen LogP contribution in [0.5, 0.6) is 5.75 Å². The minimum Gasteiger partial charge on any atom is -0.488 e. The Morgan fingerprint density at radius 2 is 1.68 bits per heavy atom. The number of carbonyl (C=O) groups excluding carboxylic acids is 1. The van der Waals surface area contributed by atoms with E-state index < -0.39 is 18.1 Å². The number of amides is 1. The lowest BCUT2D eigenvalue weighted by Crippen LogP contribution is -2.51. The zero-order valence-corrected chi connectivity index (χ0v) is 21.5. The van der Waals surface area contributed by atoms with Crippen molar-refractivity contribution in [3.63, 3.8) is 0 Å². The predicted octanol–water partition coefficient (Wildman–Crippen LogP) is 4.85. The number of rotatable bonds is 8. The Kier molecular flexibility index (Phi) is 8.05. The van der Waals surface area contributed by atoms with Gasteiger partial charge in [-0.1, -0.05) is 72.8 Å². The Morgan fingerprint density at radius 3 is 2.37 bits per heavy atom. The molecule has 2 aliphatic rings. The van der Waals surface area contributed by atoms with E-state index in [0.717, 1.165) is 27.8 Å². The number of carbonyl (C=O) groups is 2. The van der Waals surface area contributed by atoms with Crippen molar-refractivity contribution >= 4 is 11.9 Å². The number of fused-ring (bicyclic) bond motifs is 1. The Hall–Kier alpha value is -3.68. The summed E-state index contributed by atoms with van der Waals surface area (Å²) in [5, 5.41) is 10.2. The van der Waals surface area contributed by atoms with Crippen molar-refractivity contribution in [2.75, 3.05) is 13.2 Å². The summed E-state index contributed by atoms with van der Waals surface area (Å²) in [4.78, 5) is 28.0. The molecular formula is C31H33NO6. The first-order valence-corrected chi connectivity index (χ1v) is 13.1. The molecule has 3 aromatic carbocycles. The fraction of sp³-hybridized carbons (Fsp3) is 0.355. The molecule has 0 spiro atoms. The van der Waals surface area contributed by atoms with Crippen LogP contribution in [-0.2, 0) is 38.6 Å². The molecule has 38 heavy (non-hydrogen) atoms. The molecule has 5 rings (SSSR count). The molecule has 2 aliphatic heterocycles. The van der Waals surface area contributed by atoms with Crippen molar-refractivity contribution in [3.05, 3.63) is 101 Å². The summed E-state index contributed by atoms with van der Waals surface area (Å²) >= 11 is 0. The van der Waals surface area contributed by atoms with Gasteiger partial charge < -0.3 is 24.2 Å². The van der Waals surface area contributed by atoms with E-state index >= 15 is 0 Å². The second kappa shape index (κ2) is 11.8. The fourth-order valence-electron chi connectivity index (χ4n) is 5.20. The van der Waals surface area contributed by atoms with Gasteiger partial charge in [0.2, 0.25) is 0 Å². The molecule has 198 valence electrons. The summed E-state index contributed by atoms with van der Waals surface area (Å²) in [6.07, 6.45) is 0.550. The normalized spacial score (nSPS) is 18.4. The van der Waals surface area contributed by atoms with E-state index in [0.29, 0.717) is 38.4 Å². The number of aryl methyl sites for hydroxylation is 1. The van der Waals surface area contributed by atoms with Gasteiger partial charge in [0.25, 0.3) is 5.91 Å². The van der Waals surface area contributed by atoms with Gasteiger partial charge in [-0.15, -0.1) is 0 Å². The first-order chi connectivity index (χ1) is 18.5. The number of hydrogen-bond donors (Lipinski definition) is 1. The molecule has 0 bridgehead atoms.